The maximum Gasteiger partial charge on any atom is 0.342 e. The number of carbonyl (C=O) groups excluding carboxylic acids is 3. The van der Waals surface area contributed by atoms with Crippen LogP contribution in [0.5, 0.6) is 0 Å². The van der Waals surface area contributed by atoms with Crippen molar-refractivity contribution in [2.75, 3.05) is 26.2 Å². The van der Waals surface area contributed by atoms with E-state index < -0.39 is 5.97 Å². The minimum atomic E-state index is -0.669. The number of ether oxygens (including phenoxy) is 1. The zero-order valence-electron chi connectivity index (χ0n) is 21.2. The van der Waals surface area contributed by atoms with E-state index in [0.29, 0.717) is 37.6 Å². The number of rotatable bonds is 6. The quantitative estimate of drug-likeness (QED) is 0.462. The molecule has 1 atom stereocenters. The largest absolute Gasteiger partial charge is 0.458 e. The number of aromatic nitrogens is 2. The molecular formula is C27H34N4O4. The van der Waals surface area contributed by atoms with Crippen LogP contribution >= 0.6 is 0 Å². The van der Waals surface area contributed by atoms with E-state index in [2.05, 4.69) is 16.5 Å². The maximum atomic E-state index is 13.7. The average Bonchev–Trinajstić information content (AvgIpc) is 2.80. The summed E-state index contributed by atoms with van der Waals surface area (Å²) in [5.41, 5.74) is 1.05. The Kier molecular flexibility index (Phi) is 8.04. The zero-order chi connectivity index (χ0) is 25.8. The molecule has 3 rings (SSSR count). The molecule has 0 bridgehead atoms. The molecule has 0 N–H and O–H groups in total. The van der Waals surface area contributed by atoms with Gasteiger partial charge >= 0.3 is 5.97 Å². The summed E-state index contributed by atoms with van der Waals surface area (Å²) in [5.74, 6) is -0.612. The van der Waals surface area contributed by atoms with Crippen LogP contribution in [0.3, 0.4) is 0 Å². The van der Waals surface area contributed by atoms with Gasteiger partial charge in [0.1, 0.15) is 17.9 Å². The predicted molar refractivity (Wildman–Crippen MR) is 134 cm³/mol. The molecule has 1 aliphatic rings. The Hall–Kier alpha value is -3.55. The molecule has 1 aliphatic heterocycles. The van der Waals surface area contributed by atoms with Crippen LogP contribution in [0.15, 0.2) is 43.0 Å². The Labute approximate surface area is 207 Å². The normalized spacial score (nSPS) is 16.1. The fourth-order valence-corrected chi connectivity index (χ4v) is 4.11. The maximum absolute atomic E-state index is 13.7. The summed E-state index contributed by atoms with van der Waals surface area (Å²) >= 11 is 0. The highest BCUT2D eigenvalue weighted by molar-refractivity contribution is 6.05. The number of esters is 1. The van der Waals surface area contributed by atoms with Gasteiger partial charge in [-0.25, -0.2) is 14.8 Å². The van der Waals surface area contributed by atoms with Crippen molar-refractivity contribution < 1.29 is 19.1 Å². The van der Waals surface area contributed by atoms with Gasteiger partial charge in [-0.2, -0.15) is 0 Å². The zero-order valence-corrected chi connectivity index (χ0v) is 21.2. The summed E-state index contributed by atoms with van der Waals surface area (Å²) in [6.45, 7) is 14.4. The second kappa shape index (κ2) is 10.8. The molecule has 0 saturated carbocycles. The first-order valence-electron chi connectivity index (χ1n) is 11.8. The Bertz CT molecular complexity index is 1110. The van der Waals surface area contributed by atoms with E-state index in [4.69, 9.17) is 4.74 Å². The van der Waals surface area contributed by atoms with E-state index in [-0.39, 0.29) is 41.1 Å². The van der Waals surface area contributed by atoms with Crippen molar-refractivity contribution in [2.24, 2.45) is 5.41 Å². The third-order valence-corrected chi connectivity index (χ3v) is 5.78. The standard InChI is InChI=1S/C27H34N4O4/c1-7-15-35-26(34)22-19(3)28-24(20-11-9-8-10-12-20)29-23(22)25(33)30-13-14-31(18(2)17-30)21(32)16-27(4,5)6/h7-12,18H,1,13-17H2,2-6H3. The first-order chi connectivity index (χ1) is 16.5. The van der Waals surface area contributed by atoms with Crippen LogP contribution in [0.4, 0.5) is 0 Å². The van der Waals surface area contributed by atoms with E-state index in [1.54, 1.807) is 11.8 Å². The number of amides is 2. The van der Waals surface area contributed by atoms with Gasteiger partial charge in [-0.05, 0) is 19.3 Å². The van der Waals surface area contributed by atoms with Gasteiger partial charge in [0, 0.05) is 37.7 Å². The van der Waals surface area contributed by atoms with Crippen LogP contribution in [0, 0.1) is 12.3 Å². The fraction of sp³-hybridized carbons (Fsp3) is 0.444. The molecule has 1 aromatic heterocycles. The van der Waals surface area contributed by atoms with Gasteiger partial charge in [0.15, 0.2) is 5.82 Å². The molecule has 8 nitrogen and oxygen atoms in total. The fourth-order valence-electron chi connectivity index (χ4n) is 4.11. The summed E-state index contributed by atoms with van der Waals surface area (Å²) < 4.78 is 5.24. The average molecular weight is 479 g/mol. The topological polar surface area (TPSA) is 92.7 Å². The summed E-state index contributed by atoms with van der Waals surface area (Å²) in [5, 5.41) is 0. The highest BCUT2D eigenvalue weighted by Crippen LogP contribution is 2.24. The molecule has 1 aromatic carbocycles. The minimum Gasteiger partial charge on any atom is -0.458 e. The lowest BCUT2D eigenvalue weighted by Crippen LogP contribution is -2.56. The third-order valence-electron chi connectivity index (χ3n) is 5.78. The summed E-state index contributed by atoms with van der Waals surface area (Å²) in [7, 11) is 0. The van der Waals surface area contributed by atoms with E-state index in [0.717, 1.165) is 5.56 Å². The lowest BCUT2D eigenvalue weighted by molar-refractivity contribution is -0.137. The highest BCUT2D eigenvalue weighted by Gasteiger charge is 2.34. The van der Waals surface area contributed by atoms with E-state index in [1.807, 2.05) is 62.9 Å². The molecule has 2 amide bonds. The second-order valence-electron chi connectivity index (χ2n) is 10.0. The first kappa shape index (κ1) is 26.1. The van der Waals surface area contributed by atoms with Crippen LogP contribution in [0.25, 0.3) is 11.4 Å². The number of aryl methyl sites for hydroxylation is 1. The van der Waals surface area contributed by atoms with Gasteiger partial charge in [-0.15, -0.1) is 0 Å². The van der Waals surface area contributed by atoms with Gasteiger partial charge in [0.05, 0.1) is 5.69 Å². The Morgan fingerprint density at radius 1 is 1.14 bits per heavy atom. The molecule has 0 radical (unpaired) electrons. The monoisotopic (exact) mass is 478 g/mol. The molecule has 2 aromatic rings. The number of carbonyl (C=O) groups is 3. The van der Waals surface area contributed by atoms with E-state index in [1.165, 1.54) is 6.08 Å². The molecule has 186 valence electrons. The second-order valence-corrected chi connectivity index (χ2v) is 10.0. The molecule has 35 heavy (non-hydrogen) atoms. The van der Waals surface area contributed by atoms with E-state index >= 15 is 0 Å². The minimum absolute atomic E-state index is 0.00656. The van der Waals surface area contributed by atoms with Gasteiger partial charge < -0.3 is 14.5 Å². The van der Waals surface area contributed by atoms with Crippen molar-refractivity contribution in [3.8, 4) is 11.4 Å². The van der Waals surface area contributed by atoms with Crippen molar-refractivity contribution in [3.05, 3.63) is 59.9 Å². The molecular weight excluding hydrogens is 444 g/mol. The Morgan fingerprint density at radius 3 is 2.43 bits per heavy atom. The van der Waals surface area contributed by atoms with Crippen molar-refractivity contribution in [1.82, 2.24) is 19.8 Å². The van der Waals surface area contributed by atoms with Crippen LogP contribution in [-0.4, -0.2) is 69.8 Å². The Morgan fingerprint density at radius 2 is 1.83 bits per heavy atom. The number of piperazine rings is 1. The van der Waals surface area contributed by atoms with Crippen molar-refractivity contribution >= 4 is 17.8 Å². The summed E-state index contributed by atoms with van der Waals surface area (Å²) in [6, 6.07) is 9.14. The lowest BCUT2D eigenvalue weighted by Gasteiger charge is -2.40. The molecule has 0 aliphatic carbocycles. The van der Waals surface area contributed by atoms with Crippen molar-refractivity contribution in [2.45, 2.75) is 47.1 Å². The molecule has 1 saturated heterocycles. The number of hydrogen-bond donors (Lipinski definition) is 0. The molecule has 1 fully saturated rings. The lowest BCUT2D eigenvalue weighted by atomic mass is 9.91. The molecule has 0 spiro atoms. The van der Waals surface area contributed by atoms with Crippen LogP contribution in [-0.2, 0) is 9.53 Å². The summed E-state index contributed by atoms with van der Waals surface area (Å²) in [4.78, 5) is 51.8. The predicted octanol–water partition coefficient (Wildman–Crippen LogP) is 3.90. The SMILES string of the molecule is C=CCOC(=O)c1c(C)nc(-c2ccccc2)nc1C(=O)N1CCN(C(=O)CC(C)(C)C)C(C)C1. The van der Waals surface area contributed by atoms with Crippen molar-refractivity contribution in [3.63, 3.8) is 0 Å². The van der Waals surface area contributed by atoms with Crippen LogP contribution in [0.1, 0.15) is 60.7 Å². The Balaban J connectivity index is 1.92. The third kappa shape index (κ3) is 6.32. The van der Waals surface area contributed by atoms with Gasteiger partial charge in [0.25, 0.3) is 5.91 Å². The molecule has 8 heteroatoms. The van der Waals surface area contributed by atoms with Crippen LogP contribution < -0.4 is 0 Å². The summed E-state index contributed by atoms with van der Waals surface area (Å²) in [6.07, 6.45) is 1.90. The highest BCUT2D eigenvalue weighted by atomic mass is 16.5. The van der Waals surface area contributed by atoms with Crippen LogP contribution in [0.2, 0.25) is 0 Å². The van der Waals surface area contributed by atoms with Gasteiger partial charge in [0.2, 0.25) is 5.91 Å². The molecule has 1 unspecified atom stereocenters. The number of benzene rings is 1. The smallest absolute Gasteiger partial charge is 0.342 e. The number of nitrogens with zero attached hydrogens (tertiary/aromatic N) is 4. The van der Waals surface area contributed by atoms with Gasteiger partial charge in [-0.3, -0.25) is 9.59 Å². The van der Waals surface area contributed by atoms with E-state index in [9.17, 15) is 14.4 Å². The first-order valence-corrected chi connectivity index (χ1v) is 11.8. The molecule has 2 heterocycles. The van der Waals surface area contributed by atoms with Crippen molar-refractivity contribution in [1.29, 1.82) is 0 Å². The van der Waals surface area contributed by atoms with Gasteiger partial charge in [-0.1, -0.05) is 63.8 Å². The number of hydrogen-bond acceptors (Lipinski definition) is 6.